The van der Waals surface area contributed by atoms with E-state index in [0.717, 1.165) is 18.7 Å². The summed E-state index contributed by atoms with van der Waals surface area (Å²) in [5.41, 5.74) is 0.647. The second-order valence-electron chi connectivity index (χ2n) is 6.45. The fourth-order valence-corrected chi connectivity index (χ4v) is 3.45. The van der Waals surface area contributed by atoms with Crippen LogP contribution in [0.25, 0.3) is 0 Å². The Balaban J connectivity index is 2.26. The van der Waals surface area contributed by atoms with Gasteiger partial charge in [-0.2, -0.15) is 0 Å². The van der Waals surface area contributed by atoms with Gasteiger partial charge >= 0.3 is 0 Å². The lowest BCUT2D eigenvalue weighted by Gasteiger charge is -2.44. The van der Waals surface area contributed by atoms with Crippen LogP contribution < -0.4 is 5.32 Å². The molecular weight excluding hydrogens is 270 g/mol. The van der Waals surface area contributed by atoms with Gasteiger partial charge in [-0.25, -0.2) is 8.78 Å². The molecular formula is C17H26F2N2. The summed E-state index contributed by atoms with van der Waals surface area (Å²) in [6, 6.07) is 4.17. The third kappa shape index (κ3) is 3.61. The van der Waals surface area contributed by atoms with Crippen LogP contribution in [0.3, 0.4) is 0 Å². The summed E-state index contributed by atoms with van der Waals surface area (Å²) < 4.78 is 26.7. The van der Waals surface area contributed by atoms with Crippen molar-refractivity contribution in [2.45, 2.75) is 51.1 Å². The van der Waals surface area contributed by atoms with Crippen molar-refractivity contribution in [1.82, 2.24) is 10.2 Å². The van der Waals surface area contributed by atoms with Crippen molar-refractivity contribution in [3.05, 3.63) is 35.4 Å². The van der Waals surface area contributed by atoms with Gasteiger partial charge in [-0.3, -0.25) is 4.90 Å². The lowest BCUT2D eigenvalue weighted by molar-refractivity contribution is 0.0863. The fourth-order valence-electron chi connectivity index (χ4n) is 3.45. The van der Waals surface area contributed by atoms with E-state index in [1.54, 1.807) is 6.07 Å². The number of nitrogens with one attached hydrogen (secondary N) is 1. The van der Waals surface area contributed by atoms with Crippen LogP contribution in [0.5, 0.6) is 0 Å². The van der Waals surface area contributed by atoms with E-state index >= 15 is 0 Å². The van der Waals surface area contributed by atoms with E-state index in [-0.39, 0.29) is 11.6 Å². The Kier molecular flexibility index (Phi) is 5.33. The summed E-state index contributed by atoms with van der Waals surface area (Å²) in [7, 11) is 1.88. The van der Waals surface area contributed by atoms with Gasteiger partial charge in [0.05, 0.1) is 0 Å². The largest absolute Gasteiger partial charge is 0.311 e. The molecule has 1 aliphatic rings. The lowest BCUT2D eigenvalue weighted by atomic mass is 9.86. The molecule has 21 heavy (non-hydrogen) atoms. The molecule has 118 valence electrons. The van der Waals surface area contributed by atoms with E-state index in [4.69, 9.17) is 0 Å². The van der Waals surface area contributed by atoms with Gasteiger partial charge in [0.2, 0.25) is 0 Å². The van der Waals surface area contributed by atoms with E-state index in [0.29, 0.717) is 0 Å². The van der Waals surface area contributed by atoms with Crippen molar-refractivity contribution >= 4 is 0 Å². The highest BCUT2D eigenvalue weighted by atomic mass is 19.2. The average molecular weight is 296 g/mol. The predicted octanol–water partition coefficient (Wildman–Crippen LogP) is 3.88. The molecule has 0 spiro atoms. The highest BCUT2D eigenvalue weighted by Gasteiger charge is 2.35. The maximum Gasteiger partial charge on any atom is 0.159 e. The summed E-state index contributed by atoms with van der Waals surface area (Å²) >= 11 is 0. The average Bonchev–Trinajstić information content (AvgIpc) is 2.73. The first kappa shape index (κ1) is 16.4. The van der Waals surface area contributed by atoms with Crippen LogP contribution in [0.2, 0.25) is 0 Å². The van der Waals surface area contributed by atoms with Crippen LogP contribution in [0, 0.1) is 11.6 Å². The maximum absolute atomic E-state index is 13.6. The predicted molar refractivity (Wildman–Crippen MR) is 82.3 cm³/mol. The Morgan fingerprint density at radius 3 is 2.19 bits per heavy atom. The first-order valence-corrected chi connectivity index (χ1v) is 7.84. The Morgan fingerprint density at radius 1 is 1.05 bits per heavy atom. The Labute approximate surface area is 126 Å². The summed E-state index contributed by atoms with van der Waals surface area (Å²) in [6.07, 6.45) is 4.97. The standard InChI is InChI=1S/C17H26F2N2/c1-17(2,21-10-6-4-5-7-11-21)16(20-3)13-8-9-14(18)15(19)12-13/h8-9,12,16,20H,4-7,10-11H2,1-3H3. The number of nitrogens with zero attached hydrogens (tertiary/aromatic N) is 1. The molecule has 1 aromatic carbocycles. The van der Waals surface area contributed by atoms with Gasteiger partial charge in [0.15, 0.2) is 11.6 Å². The Bertz CT molecular complexity index is 466. The summed E-state index contributed by atoms with van der Waals surface area (Å²) in [6.45, 7) is 6.49. The lowest BCUT2D eigenvalue weighted by Crippen LogP contribution is -2.52. The van der Waals surface area contributed by atoms with Gasteiger partial charge in [0.25, 0.3) is 0 Å². The molecule has 0 aromatic heterocycles. The van der Waals surface area contributed by atoms with E-state index in [1.807, 2.05) is 7.05 Å². The van der Waals surface area contributed by atoms with Crippen LogP contribution in [0.15, 0.2) is 18.2 Å². The second-order valence-corrected chi connectivity index (χ2v) is 6.45. The minimum Gasteiger partial charge on any atom is -0.311 e. The third-order valence-electron chi connectivity index (χ3n) is 4.69. The number of hydrogen-bond acceptors (Lipinski definition) is 2. The molecule has 1 N–H and O–H groups in total. The zero-order valence-corrected chi connectivity index (χ0v) is 13.3. The van der Waals surface area contributed by atoms with Gasteiger partial charge < -0.3 is 5.32 Å². The summed E-state index contributed by atoms with van der Waals surface area (Å²) in [4.78, 5) is 2.47. The van der Waals surface area contributed by atoms with Crippen molar-refractivity contribution in [2.24, 2.45) is 0 Å². The normalized spacial score (nSPS) is 19.3. The molecule has 0 bridgehead atoms. The topological polar surface area (TPSA) is 15.3 Å². The maximum atomic E-state index is 13.6. The molecule has 2 rings (SSSR count). The van der Waals surface area contributed by atoms with E-state index in [1.165, 1.54) is 37.8 Å². The SMILES string of the molecule is CNC(c1ccc(F)c(F)c1)C(C)(C)N1CCCCCC1. The molecule has 0 radical (unpaired) electrons. The highest BCUT2D eigenvalue weighted by Crippen LogP contribution is 2.33. The number of likely N-dealkylation sites (tertiary alicyclic amines) is 1. The number of likely N-dealkylation sites (N-methyl/N-ethyl adjacent to an activating group) is 1. The Morgan fingerprint density at radius 2 is 1.67 bits per heavy atom. The quantitative estimate of drug-likeness (QED) is 0.907. The van der Waals surface area contributed by atoms with Crippen LogP contribution in [0.1, 0.15) is 51.1 Å². The smallest absolute Gasteiger partial charge is 0.159 e. The van der Waals surface area contributed by atoms with Gasteiger partial charge in [-0.15, -0.1) is 0 Å². The molecule has 1 unspecified atom stereocenters. The number of hydrogen-bond donors (Lipinski definition) is 1. The van der Waals surface area contributed by atoms with E-state index in [9.17, 15) is 8.78 Å². The second kappa shape index (κ2) is 6.84. The molecule has 1 atom stereocenters. The summed E-state index contributed by atoms with van der Waals surface area (Å²) in [5, 5.41) is 3.29. The number of halogens is 2. The first-order chi connectivity index (χ1) is 9.96. The van der Waals surface area contributed by atoms with Crippen LogP contribution in [0.4, 0.5) is 8.78 Å². The van der Waals surface area contributed by atoms with Crippen molar-refractivity contribution in [3.8, 4) is 0 Å². The van der Waals surface area contributed by atoms with Crippen molar-refractivity contribution in [2.75, 3.05) is 20.1 Å². The number of benzene rings is 1. The zero-order valence-electron chi connectivity index (χ0n) is 13.3. The Hall–Kier alpha value is -1.00. The van der Waals surface area contributed by atoms with Crippen molar-refractivity contribution in [3.63, 3.8) is 0 Å². The minimum absolute atomic E-state index is 0.0364. The molecule has 0 saturated carbocycles. The fraction of sp³-hybridized carbons (Fsp3) is 0.647. The summed E-state index contributed by atoms with van der Waals surface area (Å²) in [5.74, 6) is -1.57. The molecule has 4 heteroatoms. The number of rotatable bonds is 4. The zero-order chi connectivity index (χ0) is 15.5. The van der Waals surface area contributed by atoms with Crippen molar-refractivity contribution < 1.29 is 8.78 Å². The van der Waals surface area contributed by atoms with Gasteiger partial charge in [-0.1, -0.05) is 18.9 Å². The highest BCUT2D eigenvalue weighted by molar-refractivity contribution is 5.24. The molecule has 1 heterocycles. The van der Waals surface area contributed by atoms with Crippen LogP contribution in [-0.2, 0) is 0 Å². The van der Waals surface area contributed by atoms with Crippen LogP contribution >= 0.6 is 0 Å². The molecule has 1 fully saturated rings. The van der Waals surface area contributed by atoms with Crippen LogP contribution in [-0.4, -0.2) is 30.6 Å². The molecule has 0 aliphatic carbocycles. The third-order valence-corrected chi connectivity index (χ3v) is 4.69. The molecule has 0 amide bonds. The molecule has 2 nitrogen and oxygen atoms in total. The molecule has 1 saturated heterocycles. The monoisotopic (exact) mass is 296 g/mol. The molecule has 1 aromatic rings. The minimum atomic E-state index is -0.791. The van der Waals surface area contributed by atoms with Gasteiger partial charge in [0, 0.05) is 11.6 Å². The van der Waals surface area contributed by atoms with E-state index < -0.39 is 11.6 Å². The molecule has 1 aliphatic heterocycles. The van der Waals surface area contributed by atoms with E-state index in [2.05, 4.69) is 24.1 Å². The first-order valence-electron chi connectivity index (χ1n) is 7.84. The van der Waals surface area contributed by atoms with Crippen molar-refractivity contribution in [1.29, 1.82) is 0 Å². The van der Waals surface area contributed by atoms with Gasteiger partial charge in [-0.05, 0) is 64.5 Å². The van der Waals surface area contributed by atoms with Gasteiger partial charge in [0.1, 0.15) is 0 Å².